The molecule has 1 atom stereocenters. The Morgan fingerprint density at radius 3 is 2.36 bits per heavy atom. The van der Waals surface area contributed by atoms with Gasteiger partial charge in [-0.3, -0.25) is 0 Å². The van der Waals surface area contributed by atoms with Gasteiger partial charge in [0.1, 0.15) is 0 Å². The van der Waals surface area contributed by atoms with Crippen LogP contribution in [0, 0.1) is 11.8 Å². The van der Waals surface area contributed by atoms with Crippen molar-refractivity contribution in [3.8, 4) is 0 Å². The van der Waals surface area contributed by atoms with E-state index in [0.29, 0.717) is 6.04 Å². The molecule has 0 aromatic carbocycles. The minimum absolute atomic E-state index is 0.378. The first-order chi connectivity index (χ1) is 6.58. The third-order valence-electron chi connectivity index (χ3n) is 3.14. The summed E-state index contributed by atoms with van der Waals surface area (Å²) in [5.74, 6) is 1.65. The van der Waals surface area contributed by atoms with Crippen molar-refractivity contribution in [3.63, 3.8) is 0 Å². The summed E-state index contributed by atoms with van der Waals surface area (Å²) in [7, 11) is 0. The van der Waals surface area contributed by atoms with E-state index in [1.165, 1.54) is 25.9 Å². The smallest absolute Gasteiger partial charge is 0.0170 e. The lowest BCUT2D eigenvalue weighted by molar-refractivity contribution is 0.178. The summed E-state index contributed by atoms with van der Waals surface area (Å²) in [4.78, 5) is 2.53. The zero-order valence-corrected chi connectivity index (χ0v) is 10.00. The van der Waals surface area contributed by atoms with Crippen LogP contribution in [0.25, 0.3) is 0 Å². The maximum absolute atomic E-state index is 6.10. The summed E-state index contributed by atoms with van der Waals surface area (Å²) in [5, 5.41) is 0. The van der Waals surface area contributed by atoms with Crippen molar-refractivity contribution in [2.45, 2.75) is 46.1 Å². The number of nitrogens with zero attached hydrogens (tertiary/aromatic N) is 1. The zero-order valence-electron chi connectivity index (χ0n) is 10.00. The monoisotopic (exact) mass is 198 g/mol. The second-order valence-electron chi connectivity index (χ2n) is 5.37. The van der Waals surface area contributed by atoms with E-state index in [0.717, 1.165) is 24.8 Å². The Morgan fingerprint density at radius 2 is 1.86 bits per heavy atom. The molecule has 0 radical (unpaired) electrons. The Hall–Kier alpha value is -0.0800. The average Bonchev–Trinajstić information content (AvgIpc) is 2.07. The Bertz CT molecular complexity index is 148. The largest absolute Gasteiger partial charge is 0.327 e. The number of hydrogen-bond donors (Lipinski definition) is 1. The van der Waals surface area contributed by atoms with E-state index in [1.54, 1.807) is 0 Å². The predicted octanol–water partition coefficient (Wildman–Crippen LogP) is 2.09. The van der Waals surface area contributed by atoms with E-state index in [2.05, 4.69) is 25.7 Å². The van der Waals surface area contributed by atoms with Crippen LogP contribution in [0.1, 0.15) is 40.0 Å². The number of rotatable bonds is 4. The third kappa shape index (κ3) is 4.43. The van der Waals surface area contributed by atoms with Gasteiger partial charge in [-0.2, -0.15) is 0 Å². The average molecular weight is 198 g/mol. The van der Waals surface area contributed by atoms with Crippen LogP contribution in [0.4, 0.5) is 0 Å². The number of piperidine rings is 1. The fourth-order valence-corrected chi connectivity index (χ4v) is 2.26. The molecular formula is C12H26N2. The predicted molar refractivity (Wildman–Crippen MR) is 62.3 cm³/mol. The van der Waals surface area contributed by atoms with E-state index in [1.807, 2.05) is 0 Å². The lowest BCUT2D eigenvalue weighted by Crippen LogP contribution is -2.42. The minimum Gasteiger partial charge on any atom is -0.327 e. The van der Waals surface area contributed by atoms with Gasteiger partial charge in [0, 0.05) is 12.6 Å². The molecule has 0 saturated carbocycles. The summed E-state index contributed by atoms with van der Waals surface area (Å²) in [6.07, 6.45) is 3.87. The van der Waals surface area contributed by atoms with Gasteiger partial charge in [0.25, 0.3) is 0 Å². The number of nitrogens with two attached hydrogens (primary N) is 1. The highest BCUT2D eigenvalue weighted by Gasteiger charge is 2.17. The lowest BCUT2D eigenvalue weighted by atomic mass is 9.98. The zero-order chi connectivity index (χ0) is 10.6. The summed E-state index contributed by atoms with van der Waals surface area (Å²) < 4.78 is 0. The summed E-state index contributed by atoms with van der Waals surface area (Å²) in [6, 6.07) is 0.378. The van der Waals surface area contributed by atoms with Gasteiger partial charge in [0.15, 0.2) is 0 Å². The maximum atomic E-state index is 6.10. The molecule has 0 aromatic heterocycles. The SMILES string of the molecule is CC(C)C[C@@H](N)CN1CCC(C)CC1. The Morgan fingerprint density at radius 1 is 1.29 bits per heavy atom. The molecule has 84 valence electrons. The number of likely N-dealkylation sites (tertiary alicyclic amines) is 1. The molecule has 1 aliphatic heterocycles. The van der Waals surface area contributed by atoms with Crippen LogP contribution >= 0.6 is 0 Å². The van der Waals surface area contributed by atoms with Crippen molar-refractivity contribution < 1.29 is 0 Å². The second-order valence-corrected chi connectivity index (χ2v) is 5.37. The Labute approximate surface area is 88.8 Å². The highest BCUT2D eigenvalue weighted by molar-refractivity contribution is 4.74. The standard InChI is InChI=1S/C12H26N2/c1-10(2)8-12(13)9-14-6-4-11(3)5-7-14/h10-12H,4-9,13H2,1-3H3/t12-/m1/s1. The fourth-order valence-electron chi connectivity index (χ4n) is 2.26. The van der Waals surface area contributed by atoms with E-state index < -0.39 is 0 Å². The quantitative estimate of drug-likeness (QED) is 0.749. The molecule has 2 heteroatoms. The topological polar surface area (TPSA) is 29.3 Å². The fraction of sp³-hybridized carbons (Fsp3) is 1.00. The molecule has 14 heavy (non-hydrogen) atoms. The van der Waals surface area contributed by atoms with Gasteiger partial charge in [-0.15, -0.1) is 0 Å². The molecule has 1 rings (SSSR count). The molecule has 2 N–H and O–H groups in total. The van der Waals surface area contributed by atoms with Crippen LogP contribution in [0.5, 0.6) is 0 Å². The van der Waals surface area contributed by atoms with Crippen LogP contribution in [-0.2, 0) is 0 Å². The van der Waals surface area contributed by atoms with Crippen molar-refractivity contribution in [2.24, 2.45) is 17.6 Å². The molecule has 0 amide bonds. The molecule has 0 spiro atoms. The van der Waals surface area contributed by atoms with Crippen LogP contribution in [0.2, 0.25) is 0 Å². The van der Waals surface area contributed by atoms with Gasteiger partial charge < -0.3 is 10.6 Å². The van der Waals surface area contributed by atoms with Crippen LogP contribution in [-0.4, -0.2) is 30.6 Å². The van der Waals surface area contributed by atoms with Crippen LogP contribution < -0.4 is 5.73 Å². The van der Waals surface area contributed by atoms with Gasteiger partial charge in [-0.1, -0.05) is 20.8 Å². The molecule has 2 nitrogen and oxygen atoms in total. The second kappa shape index (κ2) is 5.72. The molecule has 1 fully saturated rings. The maximum Gasteiger partial charge on any atom is 0.0170 e. The summed E-state index contributed by atoms with van der Waals surface area (Å²) >= 11 is 0. The molecule has 1 aliphatic rings. The molecule has 1 heterocycles. The molecule has 0 unspecified atom stereocenters. The van der Waals surface area contributed by atoms with Crippen molar-refractivity contribution in [3.05, 3.63) is 0 Å². The van der Waals surface area contributed by atoms with E-state index in [4.69, 9.17) is 5.73 Å². The Kier molecular flexibility index (Phi) is 4.90. The molecular weight excluding hydrogens is 172 g/mol. The van der Waals surface area contributed by atoms with E-state index in [-0.39, 0.29) is 0 Å². The minimum atomic E-state index is 0.378. The van der Waals surface area contributed by atoms with Gasteiger partial charge >= 0.3 is 0 Å². The molecule has 0 bridgehead atoms. The van der Waals surface area contributed by atoms with Crippen molar-refractivity contribution in [1.82, 2.24) is 4.90 Å². The number of hydrogen-bond acceptors (Lipinski definition) is 2. The Balaban J connectivity index is 2.17. The van der Waals surface area contributed by atoms with Crippen LogP contribution in [0.3, 0.4) is 0 Å². The van der Waals surface area contributed by atoms with Gasteiger partial charge in [0.2, 0.25) is 0 Å². The first kappa shape index (κ1) is 12.0. The van der Waals surface area contributed by atoms with Gasteiger partial charge in [-0.25, -0.2) is 0 Å². The molecule has 0 aliphatic carbocycles. The first-order valence-corrected chi connectivity index (χ1v) is 6.06. The van der Waals surface area contributed by atoms with Crippen molar-refractivity contribution >= 4 is 0 Å². The summed E-state index contributed by atoms with van der Waals surface area (Å²) in [6.45, 7) is 10.5. The van der Waals surface area contributed by atoms with Gasteiger partial charge in [-0.05, 0) is 44.2 Å². The van der Waals surface area contributed by atoms with Crippen LogP contribution in [0.15, 0.2) is 0 Å². The summed E-state index contributed by atoms with van der Waals surface area (Å²) in [5.41, 5.74) is 6.10. The third-order valence-corrected chi connectivity index (χ3v) is 3.14. The lowest BCUT2D eigenvalue weighted by Gasteiger charge is -2.32. The highest BCUT2D eigenvalue weighted by Crippen LogP contribution is 2.16. The van der Waals surface area contributed by atoms with Crippen molar-refractivity contribution in [2.75, 3.05) is 19.6 Å². The molecule has 0 aromatic rings. The van der Waals surface area contributed by atoms with E-state index in [9.17, 15) is 0 Å². The van der Waals surface area contributed by atoms with Crippen molar-refractivity contribution in [1.29, 1.82) is 0 Å². The highest BCUT2D eigenvalue weighted by atomic mass is 15.1. The van der Waals surface area contributed by atoms with E-state index >= 15 is 0 Å². The normalized spacial score (nSPS) is 22.9. The first-order valence-electron chi connectivity index (χ1n) is 6.06. The van der Waals surface area contributed by atoms with Gasteiger partial charge in [0.05, 0.1) is 0 Å². The molecule has 1 saturated heterocycles.